The number of sulfonamides is 1. The van der Waals surface area contributed by atoms with Gasteiger partial charge >= 0.3 is 0 Å². The average molecular weight is 441 g/mol. The molecule has 1 amide bonds. The first-order valence-electron chi connectivity index (χ1n) is 10.1. The van der Waals surface area contributed by atoms with Crippen LogP contribution >= 0.6 is 0 Å². The fraction of sp³-hybridized carbons (Fsp3) is 0.304. The lowest BCUT2D eigenvalue weighted by atomic mass is 10.1. The zero-order valence-electron chi connectivity index (χ0n) is 18.3. The topological polar surface area (TPSA) is 84.3 Å². The van der Waals surface area contributed by atoms with Gasteiger partial charge in [0.05, 0.1) is 23.3 Å². The first-order valence-corrected chi connectivity index (χ1v) is 11.9. The van der Waals surface area contributed by atoms with Crippen LogP contribution in [0.4, 0.5) is 5.69 Å². The number of amides is 1. The molecule has 31 heavy (non-hydrogen) atoms. The molecule has 0 radical (unpaired) electrons. The Balaban J connectivity index is 1.58. The van der Waals surface area contributed by atoms with Crippen LogP contribution in [0.15, 0.2) is 54.6 Å². The number of anilines is 1. The number of rotatable bonds is 8. The van der Waals surface area contributed by atoms with E-state index in [9.17, 15) is 13.2 Å². The van der Waals surface area contributed by atoms with E-state index in [0.717, 1.165) is 38.8 Å². The number of aryl methyl sites for hydroxylation is 3. The number of hydrogen-bond donors (Lipinski definition) is 1. The quantitative estimate of drug-likeness (QED) is 0.584. The van der Waals surface area contributed by atoms with Gasteiger partial charge in [-0.15, -0.1) is 0 Å². The molecule has 0 fully saturated rings. The molecule has 2 aromatic carbocycles. The number of para-hydroxylation sites is 1. The fourth-order valence-electron chi connectivity index (χ4n) is 3.45. The molecule has 7 nitrogen and oxygen atoms in total. The molecule has 0 saturated heterocycles. The Kier molecular flexibility index (Phi) is 6.80. The standard InChI is InChI=1S/C23H28N4O3S/c1-17-7-5-6-8-22(17)26(31(4,29)30)16-23(28)24-14-13-20-9-11-21(12-10-20)27-19(3)15-18(2)25-27/h5-12,15H,13-14,16H2,1-4H3,(H,24,28). The smallest absolute Gasteiger partial charge is 0.240 e. The van der Waals surface area contributed by atoms with Gasteiger partial charge in [0.25, 0.3) is 0 Å². The highest BCUT2D eigenvalue weighted by Gasteiger charge is 2.21. The number of aromatic nitrogens is 2. The van der Waals surface area contributed by atoms with Gasteiger partial charge in [0.15, 0.2) is 0 Å². The number of carbonyl (C=O) groups excluding carboxylic acids is 1. The van der Waals surface area contributed by atoms with Gasteiger partial charge in [0, 0.05) is 12.2 Å². The number of benzene rings is 2. The maximum absolute atomic E-state index is 12.4. The predicted molar refractivity (Wildman–Crippen MR) is 123 cm³/mol. The highest BCUT2D eigenvalue weighted by atomic mass is 32.2. The van der Waals surface area contributed by atoms with E-state index in [1.807, 2.05) is 67.9 Å². The Morgan fingerprint density at radius 2 is 1.74 bits per heavy atom. The van der Waals surface area contributed by atoms with Crippen molar-refractivity contribution >= 4 is 21.6 Å². The van der Waals surface area contributed by atoms with Gasteiger partial charge in [-0.1, -0.05) is 30.3 Å². The molecule has 0 atom stereocenters. The molecule has 0 aliphatic heterocycles. The molecule has 0 aliphatic rings. The summed E-state index contributed by atoms with van der Waals surface area (Å²) in [5.74, 6) is -0.340. The van der Waals surface area contributed by atoms with Crippen LogP contribution in [0.25, 0.3) is 5.69 Å². The van der Waals surface area contributed by atoms with Crippen molar-refractivity contribution < 1.29 is 13.2 Å². The van der Waals surface area contributed by atoms with E-state index in [0.29, 0.717) is 18.7 Å². The Morgan fingerprint density at radius 3 is 2.32 bits per heavy atom. The van der Waals surface area contributed by atoms with Crippen LogP contribution in [0.1, 0.15) is 22.5 Å². The summed E-state index contributed by atoms with van der Waals surface area (Å²) in [6.45, 7) is 5.97. The van der Waals surface area contributed by atoms with Gasteiger partial charge in [0.1, 0.15) is 6.54 Å². The zero-order valence-corrected chi connectivity index (χ0v) is 19.1. The van der Waals surface area contributed by atoms with Crippen LogP contribution in [0.5, 0.6) is 0 Å². The van der Waals surface area contributed by atoms with Crippen molar-refractivity contribution in [2.24, 2.45) is 0 Å². The third-order valence-electron chi connectivity index (χ3n) is 5.00. The summed E-state index contributed by atoms with van der Waals surface area (Å²) in [6.07, 6.45) is 1.75. The lowest BCUT2D eigenvalue weighted by Gasteiger charge is -2.23. The molecule has 1 aromatic heterocycles. The minimum atomic E-state index is -3.58. The minimum absolute atomic E-state index is 0.249. The highest BCUT2D eigenvalue weighted by molar-refractivity contribution is 7.92. The van der Waals surface area contributed by atoms with Crippen molar-refractivity contribution in [1.82, 2.24) is 15.1 Å². The zero-order chi connectivity index (χ0) is 22.6. The van der Waals surface area contributed by atoms with Crippen LogP contribution in [0.3, 0.4) is 0 Å². The van der Waals surface area contributed by atoms with E-state index in [1.165, 1.54) is 0 Å². The average Bonchev–Trinajstić information content (AvgIpc) is 3.04. The molecular weight excluding hydrogens is 412 g/mol. The second-order valence-corrected chi connectivity index (χ2v) is 9.57. The van der Waals surface area contributed by atoms with Gasteiger partial charge in [-0.05, 0) is 62.6 Å². The third kappa shape index (κ3) is 5.73. The Hall–Kier alpha value is -3.13. The van der Waals surface area contributed by atoms with E-state index in [2.05, 4.69) is 10.4 Å². The molecule has 1 heterocycles. The van der Waals surface area contributed by atoms with Gasteiger partial charge in [-0.3, -0.25) is 9.10 Å². The molecule has 1 N–H and O–H groups in total. The van der Waals surface area contributed by atoms with E-state index in [1.54, 1.807) is 12.1 Å². The normalized spacial score (nSPS) is 11.4. The molecule has 164 valence electrons. The first-order chi connectivity index (χ1) is 14.6. The molecular formula is C23H28N4O3S. The third-order valence-corrected chi connectivity index (χ3v) is 6.12. The van der Waals surface area contributed by atoms with Crippen LogP contribution in [-0.2, 0) is 21.2 Å². The summed E-state index contributed by atoms with van der Waals surface area (Å²) in [6, 6.07) is 17.2. The van der Waals surface area contributed by atoms with Crippen molar-refractivity contribution in [3.05, 3.63) is 77.1 Å². The second-order valence-electron chi connectivity index (χ2n) is 7.66. The Labute approximate surface area is 183 Å². The summed E-state index contributed by atoms with van der Waals surface area (Å²) in [5, 5.41) is 7.30. The first kappa shape index (κ1) is 22.6. The summed E-state index contributed by atoms with van der Waals surface area (Å²) >= 11 is 0. The van der Waals surface area contributed by atoms with Gasteiger partial charge in [0.2, 0.25) is 15.9 Å². The SMILES string of the molecule is Cc1cc(C)n(-c2ccc(CCNC(=O)CN(c3ccccc3C)S(C)(=O)=O)cc2)n1. The summed E-state index contributed by atoms with van der Waals surface area (Å²) in [7, 11) is -3.58. The minimum Gasteiger partial charge on any atom is -0.354 e. The van der Waals surface area contributed by atoms with Gasteiger partial charge < -0.3 is 5.32 Å². The molecule has 0 saturated carbocycles. The van der Waals surface area contributed by atoms with E-state index in [4.69, 9.17) is 0 Å². The molecule has 8 heteroatoms. The van der Waals surface area contributed by atoms with Crippen molar-refractivity contribution in [1.29, 1.82) is 0 Å². The molecule has 0 bridgehead atoms. The van der Waals surface area contributed by atoms with Gasteiger partial charge in [-0.2, -0.15) is 5.10 Å². The fourth-order valence-corrected chi connectivity index (χ4v) is 4.36. The predicted octanol–water partition coefficient (Wildman–Crippen LogP) is 2.92. The maximum atomic E-state index is 12.4. The molecule has 3 aromatic rings. The second kappa shape index (κ2) is 9.34. The van der Waals surface area contributed by atoms with Crippen LogP contribution in [0, 0.1) is 20.8 Å². The summed E-state index contributed by atoms with van der Waals surface area (Å²) in [4.78, 5) is 12.4. The Morgan fingerprint density at radius 1 is 1.06 bits per heavy atom. The number of hydrogen-bond acceptors (Lipinski definition) is 4. The van der Waals surface area contributed by atoms with Crippen LogP contribution < -0.4 is 9.62 Å². The van der Waals surface area contributed by atoms with E-state index >= 15 is 0 Å². The maximum Gasteiger partial charge on any atom is 0.240 e. The molecule has 3 rings (SSSR count). The largest absolute Gasteiger partial charge is 0.354 e. The molecule has 0 unspecified atom stereocenters. The van der Waals surface area contributed by atoms with Crippen molar-refractivity contribution in [3.8, 4) is 5.69 Å². The summed E-state index contributed by atoms with van der Waals surface area (Å²) < 4.78 is 27.5. The number of carbonyl (C=O) groups is 1. The monoisotopic (exact) mass is 440 g/mol. The summed E-state index contributed by atoms with van der Waals surface area (Å²) in [5.41, 5.74) is 5.41. The lowest BCUT2D eigenvalue weighted by molar-refractivity contribution is -0.119. The van der Waals surface area contributed by atoms with E-state index < -0.39 is 10.0 Å². The van der Waals surface area contributed by atoms with E-state index in [-0.39, 0.29) is 12.5 Å². The highest BCUT2D eigenvalue weighted by Crippen LogP contribution is 2.21. The lowest BCUT2D eigenvalue weighted by Crippen LogP contribution is -2.41. The van der Waals surface area contributed by atoms with Crippen LogP contribution in [-0.4, -0.2) is 43.5 Å². The van der Waals surface area contributed by atoms with Crippen LogP contribution in [0.2, 0.25) is 0 Å². The van der Waals surface area contributed by atoms with Crippen molar-refractivity contribution in [3.63, 3.8) is 0 Å². The Bertz CT molecular complexity index is 1170. The molecule has 0 aliphatic carbocycles. The molecule has 0 spiro atoms. The van der Waals surface area contributed by atoms with Gasteiger partial charge in [-0.25, -0.2) is 13.1 Å². The van der Waals surface area contributed by atoms with Crippen molar-refractivity contribution in [2.75, 3.05) is 23.7 Å². The van der Waals surface area contributed by atoms with Crippen molar-refractivity contribution in [2.45, 2.75) is 27.2 Å². The number of nitrogens with zero attached hydrogens (tertiary/aromatic N) is 3. The number of nitrogens with one attached hydrogen (secondary N) is 1.